The van der Waals surface area contributed by atoms with Crippen LogP contribution in [0.5, 0.6) is 0 Å². The molecule has 5 heteroatoms. The van der Waals surface area contributed by atoms with E-state index in [1.54, 1.807) is 13.8 Å². The van der Waals surface area contributed by atoms with E-state index in [0.29, 0.717) is 0 Å². The normalized spacial score (nSPS) is 51.3. The van der Waals surface area contributed by atoms with E-state index in [4.69, 9.17) is 9.47 Å². The molecule has 3 aliphatic rings. The number of cyclic esters (lactones) is 2. The minimum absolute atomic E-state index is 0. The van der Waals surface area contributed by atoms with Crippen molar-refractivity contribution in [3.05, 3.63) is 0 Å². The number of hydrogen-bond acceptors (Lipinski definition) is 4. The molecular weight excluding hydrogens is 224 g/mol. The van der Waals surface area contributed by atoms with Crippen molar-refractivity contribution in [2.24, 2.45) is 10.8 Å². The molecule has 0 aromatic heterocycles. The zero-order chi connectivity index (χ0) is 10.1. The van der Waals surface area contributed by atoms with Gasteiger partial charge in [0.1, 0.15) is 10.8 Å². The van der Waals surface area contributed by atoms with Crippen LogP contribution in [0.4, 0.5) is 0 Å². The molecule has 3 fully saturated rings. The molecule has 0 N–H and O–H groups in total. The summed E-state index contributed by atoms with van der Waals surface area (Å²) in [4.78, 5) is 23.3. The van der Waals surface area contributed by atoms with Gasteiger partial charge in [-0.05, 0) is 26.7 Å². The van der Waals surface area contributed by atoms with Crippen LogP contribution in [0, 0.1) is 10.8 Å². The van der Waals surface area contributed by atoms with Gasteiger partial charge in [0.05, 0.1) is 12.2 Å². The number of ether oxygens (including phenoxy) is 2. The van der Waals surface area contributed by atoms with Gasteiger partial charge in [0.25, 0.3) is 0 Å². The maximum absolute atomic E-state index is 11.7. The number of carbonyl (C=O) groups excluding carboxylic acids is 2. The minimum atomic E-state index is -0.743. The number of carbonyl (C=O) groups is 2. The predicted molar refractivity (Wildman–Crippen MR) is 53.2 cm³/mol. The van der Waals surface area contributed by atoms with Crippen molar-refractivity contribution in [3.8, 4) is 0 Å². The molecule has 0 radical (unpaired) electrons. The van der Waals surface area contributed by atoms with Gasteiger partial charge in [-0.1, -0.05) is 0 Å². The van der Waals surface area contributed by atoms with Crippen LogP contribution in [0.15, 0.2) is 0 Å². The van der Waals surface area contributed by atoms with Gasteiger partial charge < -0.3 is 12.3 Å². The molecule has 4 nitrogen and oxygen atoms in total. The Kier molecular flexibility index (Phi) is 2.51. The fourth-order valence-electron chi connectivity index (χ4n) is 3.14. The third kappa shape index (κ3) is 1.02. The molecule has 3 heterocycles. The fraction of sp³-hybridized carbons (Fsp3) is 0.800. The van der Waals surface area contributed by atoms with Crippen LogP contribution in [0.3, 0.4) is 0 Å². The van der Waals surface area contributed by atoms with Gasteiger partial charge in [-0.3, -0.25) is 9.59 Å². The molecule has 0 amide bonds. The van der Waals surface area contributed by atoms with Crippen molar-refractivity contribution in [1.82, 2.24) is 0 Å². The van der Waals surface area contributed by atoms with Crippen molar-refractivity contribution in [3.63, 3.8) is 0 Å². The van der Waals surface area contributed by atoms with Crippen molar-refractivity contribution >= 4 is 49.7 Å². The summed E-state index contributed by atoms with van der Waals surface area (Å²) in [5, 5.41) is 0. The molecule has 80 valence electrons. The SMILES string of the molecule is C[C@@]12C(=O)OC(=O)[C@]1(C)[C@H]1CC[C@@H]2O1.[Ca+2].[H-].[H-]. The summed E-state index contributed by atoms with van der Waals surface area (Å²) in [5.41, 5.74) is -1.49. The van der Waals surface area contributed by atoms with E-state index in [9.17, 15) is 9.59 Å². The molecular formula is C10H14CaO4. The number of esters is 2. The molecule has 3 rings (SSSR count). The summed E-state index contributed by atoms with van der Waals surface area (Å²) in [6.45, 7) is 3.59. The van der Waals surface area contributed by atoms with Gasteiger partial charge in [0.15, 0.2) is 0 Å². The van der Waals surface area contributed by atoms with Gasteiger partial charge in [0.2, 0.25) is 0 Å². The Morgan fingerprint density at radius 3 is 1.93 bits per heavy atom. The van der Waals surface area contributed by atoms with E-state index in [2.05, 4.69) is 0 Å². The molecule has 3 saturated heterocycles. The Bertz CT molecular complexity index is 332. The molecule has 0 aromatic carbocycles. The van der Waals surface area contributed by atoms with Crippen LogP contribution < -0.4 is 0 Å². The van der Waals surface area contributed by atoms with Crippen LogP contribution in [0.1, 0.15) is 29.5 Å². The zero-order valence-electron chi connectivity index (χ0n) is 10.9. The Hall–Kier alpha value is 0.360. The molecule has 15 heavy (non-hydrogen) atoms. The van der Waals surface area contributed by atoms with Gasteiger partial charge in [-0.15, -0.1) is 0 Å². The standard InChI is InChI=1S/C10H12O4.Ca.2H/c1-9-5-3-4-6(13-5)10(9,2)8(12)14-7(9)11;;;/h5-6H,3-4H2,1-2H3;;;/q;+2;2*-1/t5-,6+,9+,10-;;;. The summed E-state index contributed by atoms with van der Waals surface area (Å²) >= 11 is 0. The molecule has 0 unspecified atom stereocenters. The first-order chi connectivity index (χ1) is 6.51. The predicted octanol–water partition coefficient (Wildman–Crippen LogP) is 0.488. The minimum Gasteiger partial charge on any atom is -1.00 e. The third-order valence-corrected chi connectivity index (χ3v) is 4.42. The van der Waals surface area contributed by atoms with E-state index in [1.165, 1.54) is 0 Å². The number of fused-ring (bicyclic) bond motifs is 5. The van der Waals surface area contributed by atoms with Crippen LogP contribution in [0.25, 0.3) is 0 Å². The molecule has 0 saturated carbocycles. The maximum Gasteiger partial charge on any atom is 2.00 e. The summed E-state index contributed by atoms with van der Waals surface area (Å²) in [7, 11) is 0. The Morgan fingerprint density at radius 2 is 1.53 bits per heavy atom. The summed E-state index contributed by atoms with van der Waals surface area (Å²) < 4.78 is 10.4. The second kappa shape index (κ2) is 3.19. The second-order valence-electron chi connectivity index (χ2n) is 4.77. The smallest absolute Gasteiger partial charge is 1.00 e. The quantitative estimate of drug-likeness (QED) is 0.350. The van der Waals surface area contributed by atoms with Gasteiger partial charge in [-0.2, -0.15) is 0 Å². The van der Waals surface area contributed by atoms with Crippen molar-refractivity contribution in [2.75, 3.05) is 0 Å². The molecule has 0 aromatic rings. The average molecular weight is 238 g/mol. The van der Waals surface area contributed by atoms with Crippen molar-refractivity contribution < 1.29 is 21.9 Å². The van der Waals surface area contributed by atoms with E-state index in [-0.39, 0.29) is 52.8 Å². The zero-order valence-corrected chi connectivity index (χ0v) is 11.1. The van der Waals surface area contributed by atoms with E-state index < -0.39 is 22.8 Å². The molecule has 0 aliphatic carbocycles. The monoisotopic (exact) mass is 238 g/mol. The van der Waals surface area contributed by atoms with E-state index in [0.717, 1.165) is 12.8 Å². The first-order valence-electron chi connectivity index (χ1n) is 4.93. The van der Waals surface area contributed by atoms with Gasteiger partial charge in [-0.25, -0.2) is 0 Å². The van der Waals surface area contributed by atoms with Crippen LogP contribution in [-0.2, 0) is 19.1 Å². The first-order valence-corrected chi connectivity index (χ1v) is 4.93. The van der Waals surface area contributed by atoms with Crippen molar-refractivity contribution in [1.29, 1.82) is 0 Å². The maximum atomic E-state index is 11.7. The largest absolute Gasteiger partial charge is 2.00 e. The van der Waals surface area contributed by atoms with Gasteiger partial charge in [0, 0.05) is 0 Å². The summed E-state index contributed by atoms with van der Waals surface area (Å²) in [6.07, 6.45) is 1.46. The van der Waals surface area contributed by atoms with Crippen LogP contribution >= 0.6 is 0 Å². The summed E-state index contributed by atoms with van der Waals surface area (Å²) in [5.74, 6) is -0.811. The van der Waals surface area contributed by atoms with Crippen LogP contribution in [-0.4, -0.2) is 61.9 Å². The van der Waals surface area contributed by atoms with Crippen LogP contribution in [0.2, 0.25) is 0 Å². The number of rotatable bonds is 0. The van der Waals surface area contributed by atoms with E-state index in [1.807, 2.05) is 0 Å². The average Bonchev–Trinajstić information content (AvgIpc) is 2.73. The van der Waals surface area contributed by atoms with Gasteiger partial charge >= 0.3 is 49.7 Å². The summed E-state index contributed by atoms with van der Waals surface area (Å²) in [6, 6.07) is 0. The van der Waals surface area contributed by atoms with E-state index >= 15 is 0 Å². The Morgan fingerprint density at radius 1 is 1.13 bits per heavy atom. The first kappa shape index (κ1) is 11.8. The third-order valence-electron chi connectivity index (χ3n) is 4.42. The Labute approximate surface area is 121 Å². The topological polar surface area (TPSA) is 52.6 Å². The Balaban J connectivity index is 0.000000853. The van der Waals surface area contributed by atoms with Crippen molar-refractivity contribution in [2.45, 2.75) is 38.9 Å². The number of hydrogen-bond donors (Lipinski definition) is 0. The second-order valence-corrected chi connectivity index (χ2v) is 4.77. The molecule has 4 atom stereocenters. The molecule has 3 aliphatic heterocycles. The molecule has 2 bridgehead atoms. The molecule has 0 spiro atoms. The fourth-order valence-corrected chi connectivity index (χ4v) is 3.14.